The van der Waals surface area contributed by atoms with Gasteiger partial charge >= 0.3 is 0 Å². The Balaban J connectivity index is 1.78. The summed E-state index contributed by atoms with van der Waals surface area (Å²) in [6, 6.07) is 6.04. The summed E-state index contributed by atoms with van der Waals surface area (Å²) in [7, 11) is -3.74. The molecule has 2 unspecified atom stereocenters. The van der Waals surface area contributed by atoms with Gasteiger partial charge in [-0.2, -0.15) is 0 Å². The van der Waals surface area contributed by atoms with E-state index >= 15 is 0 Å². The van der Waals surface area contributed by atoms with Gasteiger partial charge in [-0.05, 0) is 50.1 Å². The van der Waals surface area contributed by atoms with Crippen molar-refractivity contribution in [1.29, 1.82) is 0 Å². The van der Waals surface area contributed by atoms with Crippen LogP contribution < -0.4 is 15.8 Å². The van der Waals surface area contributed by atoms with Gasteiger partial charge in [-0.1, -0.05) is 23.9 Å². The lowest BCUT2D eigenvalue weighted by molar-refractivity contribution is -0.114. The topological polar surface area (TPSA) is 114 Å². The first-order valence-electron chi connectivity index (χ1n) is 8.95. The van der Waals surface area contributed by atoms with Gasteiger partial charge in [0.1, 0.15) is 0 Å². The van der Waals surface area contributed by atoms with Crippen LogP contribution in [0.3, 0.4) is 0 Å². The number of thioether (sulfide) groups is 1. The van der Waals surface area contributed by atoms with Crippen LogP contribution in [0.2, 0.25) is 0 Å². The van der Waals surface area contributed by atoms with Gasteiger partial charge < -0.3 is 11.1 Å². The molecule has 0 saturated carbocycles. The molecule has 9 heteroatoms. The van der Waals surface area contributed by atoms with Crippen LogP contribution in [0.25, 0.3) is 0 Å². The number of amidine groups is 1. The van der Waals surface area contributed by atoms with Gasteiger partial charge in [-0.15, -0.1) is 0 Å². The number of nitrogens with two attached hydrogens (primary N) is 1. The summed E-state index contributed by atoms with van der Waals surface area (Å²) in [4.78, 5) is 15.8. The van der Waals surface area contributed by atoms with Gasteiger partial charge in [0, 0.05) is 30.0 Å². The van der Waals surface area contributed by atoms with Crippen LogP contribution in [0, 0.1) is 5.92 Å². The third kappa shape index (κ3) is 4.77. The van der Waals surface area contributed by atoms with Crippen LogP contribution >= 0.6 is 11.8 Å². The first-order chi connectivity index (χ1) is 13.2. The van der Waals surface area contributed by atoms with Crippen LogP contribution in [-0.2, 0) is 14.8 Å². The zero-order chi connectivity index (χ0) is 20.4. The van der Waals surface area contributed by atoms with E-state index in [1.807, 2.05) is 12.2 Å². The number of hydrogen-bond donors (Lipinski definition) is 3. The lowest BCUT2D eigenvalue weighted by Crippen LogP contribution is -2.38. The maximum absolute atomic E-state index is 12.7. The Morgan fingerprint density at radius 3 is 2.68 bits per heavy atom. The molecule has 1 heterocycles. The molecule has 7 nitrogen and oxygen atoms in total. The van der Waals surface area contributed by atoms with Crippen molar-refractivity contribution in [2.75, 3.05) is 11.1 Å². The Hall–Kier alpha value is -2.26. The van der Waals surface area contributed by atoms with Crippen molar-refractivity contribution >= 4 is 38.5 Å². The highest BCUT2D eigenvalue weighted by Gasteiger charge is 2.35. The lowest BCUT2D eigenvalue weighted by Gasteiger charge is -2.36. The zero-order valence-electron chi connectivity index (χ0n) is 15.8. The Bertz CT molecular complexity index is 952. The predicted molar refractivity (Wildman–Crippen MR) is 113 cm³/mol. The van der Waals surface area contributed by atoms with E-state index in [0.29, 0.717) is 16.6 Å². The maximum Gasteiger partial charge on any atom is 0.261 e. The van der Waals surface area contributed by atoms with E-state index in [2.05, 4.69) is 22.0 Å². The third-order valence-corrected chi connectivity index (χ3v) is 7.02. The second kappa shape index (κ2) is 8.00. The fourth-order valence-corrected chi connectivity index (χ4v) is 5.34. The number of sulfonamides is 1. The molecule has 0 radical (unpaired) electrons. The standard InChI is InChI=1S/C19H24N4O3S2/c1-13(24)21-15-6-8-17(9-7-15)28(25,26)23-16-5-3-4-14(12-16)19(2)10-11-27-18(20)22-19/h3,5-9,12,14,23H,4,10-11H2,1-2H3,(H2,20,22)(H,21,24). The molecule has 0 saturated heterocycles. The number of nitrogens with one attached hydrogen (secondary N) is 2. The molecule has 4 N–H and O–H groups in total. The molecule has 1 aromatic rings. The quantitative estimate of drug-likeness (QED) is 0.677. The minimum Gasteiger partial charge on any atom is -0.379 e. The van der Waals surface area contributed by atoms with E-state index < -0.39 is 10.0 Å². The van der Waals surface area contributed by atoms with E-state index in [9.17, 15) is 13.2 Å². The molecule has 0 aromatic heterocycles. The minimum atomic E-state index is -3.74. The number of rotatable bonds is 5. The second-order valence-corrected chi connectivity index (χ2v) is 9.88. The van der Waals surface area contributed by atoms with Crippen molar-refractivity contribution in [2.24, 2.45) is 16.6 Å². The van der Waals surface area contributed by atoms with Crippen LogP contribution in [-0.4, -0.2) is 30.8 Å². The predicted octanol–water partition coefficient (Wildman–Crippen LogP) is 2.59. The number of anilines is 1. The first kappa shape index (κ1) is 20.5. The number of carbonyl (C=O) groups excluding carboxylic acids is 1. The van der Waals surface area contributed by atoms with Crippen LogP contribution in [0.4, 0.5) is 5.69 Å². The van der Waals surface area contributed by atoms with Gasteiger partial charge in [-0.3, -0.25) is 14.5 Å². The summed E-state index contributed by atoms with van der Waals surface area (Å²) in [5, 5.41) is 3.20. The number of amides is 1. The maximum atomic E-state index is 12.7. The van der Waals surface area contributed by atoms with Crippen LogP contribution in [0.5, 0.6) is 0 Å². The number of aliphatic imine (C=N–C) groups is 1. The molecule has 1 aromatic carbocycles. The highest BCUT2D eigenvalue weighted by molar-refractivity contribution is 8.13. The zero-order valence-corrected chi connectivity index (χ0v) is 17.4. The van der Waals surface area contributed by atoms with E-state index in [1.165, 1.54) is 19.1 Å². The smallest absolute Gasteiger partial charge is 0.261 e. The Kier molecular flexibility index (Phi) is 5.85. The largest absolute Gasteiger partial charge is 0.379 e. The van der Waals surface area contributed by atoms with Crippen molar-refractivity contribution in [3.63, 3.8) is 0 Å². The van der Waals surface area contributed by atoms with Crippen molar-refractivity contribution in [1.82, 2.24) is 4.72 Å². The first-order valence-corrected chi connectivity index (χ1v) is 11.4. The third-order valence-electron chi connectivity index (χ3n) is 4.83. The van der Waals surface area contributed by atoms with Gasteiger partial charge in [0.2, 0.25) is 5.91 Å². The van der Waals surface area contributed by atoms with Gasteiger partial charge in [-0.25, -0.2) is 8.42 Å². The molecule has 2 aliphatic rings. The lowest BCUT2D eigenvalue weighted by atomic mass is 9.79. The summed E-state index contributed by atoms with van der Waals surface area (Å²) < 4.78 is 28.1. The Labute approximate surface area is 169 Å². The van der Waals surface area contributed by atoms with Gasteiger partial charge in [0.15, 0.2) is 5.17 Å². The molecule has 1 aliphatic heterocycles. The summed E-state index contributed by atoms with van der Waals surface area (Å²) >= 11 is 1.55. The van der Waals surface area contributed by atoms with Crippen molar-refractivity contribution in [3.8, 4) is 0 Å². The van der Waals surface area contributed by atoms with Crippen molar-refractivity contribution < 1.29 is 13.2 Å². The molecular weight excluding hydrogens is 396 g/mol. The fraction of sp³-hybridized carbons (Fsp3) is 0.368. The Morgan fingerprint density at radius 2 is 2.04 bits per heavy atom. The van der Waals surface area contributed by atoms with Crippen LogP contribution in [0.15, 0.2) is 58.1 Å². The number of benzene rings is 1. The van der Waals surface area contributed by atoms with E-state index in [4.69, 9.17) is 5.73 Å². The molecule has 28 heavy (non-hydrogen) atoms. The molecule has 0 spiro atoms. The monoisotopic (exact) mass is 420 g/mol. The molecule has 3 rings (SSSR count). The molecule has 1 aliphatic carbocycles. The second-order valence-electron chi connectivity index (χ2n) is 7.08. The van der Waals surface area contributed by atoms with Gasteiger partial charge in [0.25, 0.3) is 10.0 Å². The summed E-state index contributed by atoms with van der Waals surface area (Å²) in [6.45, 7) is 3.46. The number of allylic oxidation sites excluding steroid dienone is 2. The average molecular weight is 421 g/mol. The van der Waals surface area contributed by atoms with Crippen LogP contribution in [0.1, 0.15) is 26.7 Å². The molecule has 0 bridgehead atoms. The van der Waals surface area contributed by atoms with Crippen molar-refractivity contribution in [3.05, 3.63) is 48.2 Å². The molecule has 0 fully saturated rings. The molecule has 150 valence electrons. The molecule has 1 amide bonds. The summed E-state index contributed by atoms with van der Waals surface area (Å²) in [5.41, 5.74) is 6.64. The highest BCUT2D eigenvalue weighted by atomic mass is 32.2. The van der Waals surface area contributed by atoms with Crippen molar-refractivity contribution in [2.45, 2.75) is 37.1 Å². The number of hydrogen-bond acceptors (Lipinski definition) is 6. The van der Waals surface area contributed by atoms with E-state index in [0.717, 1.165) is 18.6 Å². The Morgan fingerprint density at radius 1 is 1.32 bits per heavy atom. The number of nitrogens with zero attached hydrogens (tertiary/aromatic N) is 1. The fourth-order valence-electron chi connectivity index (χ4n) is 3.29. The highest BCUT2D eigenvalue weighted by Crippen LogP contribution is 2.37. The van der Waals surface area contributed by atoms with E-state index in [-0.39, 0.29) is 22.3 Å². The summed E-state index contributed by atoms with van der Waals surface area (Å²) in [6.07, 6.45) is 7.33. The molecular formula is C19H24N4O3S2. The average Bonchev–Trinajstić information content (AvgIpc) is 2.61. The van der Waals surface area contributed by atoms with Gasteiger partial charge in [0.05, 0.1) is 10.4 Å². The number of carbonyl (C=O) groups is 1. The molecule has 2 atom stereocenters. The summed E-state index contributed by atoms with van der Waals surface area (Å²) in [5.74, 6) is 0.758. The van der Waals surface area contributed by atoms with E-state index in [1.54, 1.807) is 30.0 Å². The SMILES string of the molecule is CC(=O)Nc1ccc(S(=O)(=O)NC2=CC(C3(C)CCSC(N)=N3)CC=C2)cc1. The normalized spacial score (nSPS) is 24.9. The minimum absolute atomic E-state index is 0.0665.